The summed E-state index contributed by atoms with van der Waals surface area (Å²) in [5.41, 5.74) is 4.00. The molecule has 1 aliphatic rings. The molecule has 1 aliphatic heterocycles. The molecule has 37 heavy (non-hydrogen) atoms. The first-order valence-corrected chi connectivity index (χ1v) is 12.8. The zero-order valence-corrected chi connectivity index (χ0v) is 21.9. The molecule has 0 aliphatic carbocycles. The standard InChI is InChI=1S/C28H36F2N4O3/c1-17(28(35)36)16-34-18(2)14-21-20-8-5-6-9-23(20)32-25(21)26(34)24-19(3)27(31-15-22(24)30)37-13-12-33(4)11-7-10-29/h5-6,8-9,15,17-18,26,32H,7,10-14,16H2,1-4H3,(H,35,36)/t17?,18-,26-/m1/s1. The highest BCUT2D eigenvalue weighted by Gasteiger charge is 2.39. The Bertz CT molecular complexity index is 1250. The monoisotopic (exact) mass is 514 g/mol. The first kappa shape index (κ1) is 27.0. The number of alkyl halides is 1. The summed E-state index contributed by atoms with van der Waals surface area (Å²) in [6, 6.07) is 7.48. The molecule has 2 N–H and O–H groups in total. The average Bonchev–Trinajstić information content (AvgIpc) is 3.23. The predicted molar refractivity (Wildman–Crippen MR) is 139 cm³/mol. The summed E-state index contributed by atoms with van der Waals surface area (Å²) in [6.45, 7) is 6.99. The van der Waals surface area contributed by atoms with E-state index in [-0.39, 0.29) is 19.3 Å². The molecule has 0 amide bonds. The van der Waals surface area contributed by atoms with Crippen LogP contribution in [0.15, 0.2) is 30.5 Å². The second-order valence-corrected chi connectivity index (χ2v) is 10.1. The number of H-pyrrole nitrogens is 1. The van der Waals surface area contributed by atoms with Crippen LogP contribution in [0.2, 0.25) is 0 Å². The number of carbonyl (C=O) groups is 1. The van der Waals surface area contributed by atoms with Crippen LogP contribution in [-0.4, -0.2) is 76.8 Å². The van der Waals surface area contributed by atoms with E-state index in [1.165, 1.54) is 6.20 Å². The van der Waals surface area contributed by atoms with E-state index in [9.17, 15) is 14.3 Å². The number of ether oxygens (including phenoxy) is 1. The molecule has 7 nitrogen and oxygen atoms in total. The van der Waals surface area contributed by atoms with Gasteiger partial charge in [-0.05, 0) is 45.4 Å². The van der Waals surface area contributed by atoms with Crippen molar-refractivity contribution in [2.24, 2.45) is 5.92 Å². The molecule has 0 radical (unpaired) electrons. The molecule has 3 heterocycles. The van der Waals surface area contributed by atoms with Gasteiger partial charge in [0.15, 0.2) is 0 Å². The first-order valence-electron chi connectivity index (χ1n) is 12.8. The highest BCUT2D eigenvalue weighted by Crippen LogP contribution is 2.43. The third-order valence-corrected chi connectivity index (χ3v) is 7.36. The lowest BCUT2D eigenvalue weighted by atomic mass is 9.86. The van der Waals surface area contributed by atoms with E-state index in [1.54, 1.807) is 13.8 Å². The van der Waals surface area contributed by atoms with Gasteiger partial charge in [-0.3, -0.25) is 14.1 Å². The number of para-hydroxylation sites is 1. The minimum Gasteiger partial charge on any atom is -0.481 e. The van der Waals surface area contributed by atoms with Crippen molar-refractivity contribution in [1.29, 1.82) is 0 Å². The van der Waals surface area contributed by atoms with Crippen molar-refractivity contribution in [3.05, 3.63) is 58.7 Å². The molecule has 9 heteroatoms. The largest absolute Gasteiger partial charge is 0.481 e. The molecular formula is C28H36F2N4O3. The normalized spacial score (nSPS) is 18.8. The molecule has 2 aromatic heterocycles. The van der Waals surface area contributed by atoms with Gasteiger partial charge >= 0.3 is 5.97 Å². The van der Waals surface area contributed by atoms with Crippen LogP contribution < -0.4 is 4.74 Å². The Morgan fingerprint density at radius 3 is 2.84 bits per heavy atom. The van der Waals surface area contributed by atoms with Gasteiger partial charge in [0, 0.05) is 53.4 Å². The number of nitrogens with one attached hydrogen (secondary N) is 1. The van der Waals surface area contributed by atoms with Crippen molar-refractivity contribution in [3.8, 4) is 5.88 Å². The Labute approximate surface area is 216 Å². The van der Waals surface area contributed by atoms with Crippen LogP contribution in [-0.2, 0) is 11.2 Å². The summed E-state index contributed by atoms with van der Waals surface area (Å²) in [6.07, 6.45) is 2.37. The maximum atomic E-state index is 15.6. The number of pyridine rings is 1. The predicted octanol–water partition coefficient (Wildman–Crippen LogP) is 4.74. The fourth-order valence-corrected chi connectivity index (χ4v) is 5.29. The van der Waals surface area contributed by atoms with Gasteiger partial charge in [-0.25, -0.2) is 9.37 Å². The first-order chi connectivity index (χ1) is 17.7. The fourth-order valence-electron chi connectivity index (χ4n) is 5.29. The van der Waals surface area contributed by atoms with Crippen LogP contribution in [0.25, 0.3) is 10.9 Å². The molecule has 0 saturated carbocycles. The van der Waals surface area contributed by atoms with E-state index in [4.69, 9.17) is 4.74 Å². The van der Waals surface area contributed by atoms with Gasteiger partial charge in [0.05, 0.1) is 24.8 Å². The lowest BCUT2D eigenvalue weighted by Crippen LogP contribution is -2.46. The Morgan fingerprint density at radius 1 is 1.35 bits per heavy atom. The van der Waals surface area contributed by atoms with Crippen LogP contribution in [0.3, 0.4) is 0 Å². The number of aromatic amines is 1. The number of hydrogen-bond donors (Lipinski definition) is 2. The summed E-state index contributed by atoms with van der Waals surface area (Å²) in [5.74, 6) is -1.63. The molecule has 3 atom stereocenters. The van der Waals surface area contributed by atoms with Crippen molar-refractivity contribution in [2.45, 2.75) is 45.7 Å². The molecule has 1 aromatic carbocycles. The van der Waals surface area contributed by atoms with Gasteiger partial charge in [0.2, 0.25) is 5.88 Å². The minimum absolute atomic E-state index is 0.0148. The van der Waals surface area contributed by atoms with Crippen molar-refractivity contribution < 1.29 is 23.4 Å². The summed E-state index contributed by atoms with van der Waals surface area (Å²) < 4.78 is 34.1. The third-order valence-electron chi connectivity index (χ3n) is 7.36. The molecule has 0 saturated heterocycles. The number of halogens is 2. The number of carboxylic acid groups (broad SMARTS) is 1. The van der Waals surface area contributed by atoms with Crippen molar-refractivity contribution in [2.75, 3.05) is 40.0 Å². The fraction of sp³-hybridized carbons (Fsp3) is 0.500. The summed E-state index contributed by atoms with van der Waals surface area (Å²) in [7, 11) is 1.90. The van der Waals surface area contributed by atoms with Crippen LogP contribution in [0.1, 0.15) is 48.7 Å². The van der Waals surface area contributed by atoms with Crippen LogP contribution in [0, 0.1) is 18.7 Å². The van der Waals surface area contributed by atoms with Gasteiger partial charge in [0.25, 0.3) is 0 Å². The summed E-state index contributed by atoms with van der Waals surface area (Å²) in [4.78, 5) is 23.6. The molecular weight excluding hydrogens is 478 g/mol. The SMILES string of the molecule is Cc1c(OCCN(C)CCCF)ncc(F)c1[C@@H]1c2[nH]c3ccccc3c2C[C@@H](C)N1CC(C)C(=O)O. The number of nitrogens with zero attached hydrogens (tertiary/aromatic N) is 3. The van der Waals surface area contributed by atoms with E-state index in [1.807, 2.05) is 30.1 Å². The smallest absolute Gasteiger partial charge is 0.307 e. The highest BCUT2D eigenvalue weighted by atomic mass is 19.1. The number of aliphatic carboxylic acids is 1. The van der Waals surface area contributed by atoms with E-state index in [2.05, 4.69) is 27.9 Å². The van der Waals surface area contributed by atoms with Crippen molar-refractivity contribution in [1.82, 2.24) is 19.8 Å². The Balaban J connectivity index is 1.74. The molecule has 1 unspecified atom stereocenters. The van der Waals surface area contributed by atoms with Crippen LogP contribution in [0.5, 0.6) is 5.88 Å². The molecule has 200 valence electrons. The molecule has 3 aromatic rings. The number of rotatable bonds is 11. The minimum atomic E-state index is -0.888. The Hall–Kier alpha value is -3.04. The Morgan fingerprint density at radius 2 is 2.11 bits per heavy atom. The molecule has 0 fully saturated rings. The highest BCUT2D eigenvalue weighted by molar-refractivity contribution is 5.85. The second kappa shape index (κ2) is 11.6. The maximum absolute atomic E-state index is 15.6. The van der Waals surface area contributed by atoms with E-state index >= 15 is 4.39 Å². The van der Waals surface area contributed by atoms with Crippen molar-refractivity contribution >= 4 is 16.9 Å². The summed E-state index contributed by atoms with van der Waals surface area (Å²) >= 11 is 0. The Kier molecular flexibility index (Phi) is 8.44. The van der Waals surface area contributed by atoms with Gasteiger partial charge in [0.1, 0.15) is 12.4 Å². The van der Waals surface area contributed by atoms with Crippen LogP contribution >= 0.6 is 0 Å². The number of benzene rings is 1. The molecule has 0 bridgehead atoms. The molecule has 0 spiro atoms. The number of fused-ring (bicyclic) bond motifs is 3. The van der Waals surface area contributed by atoms with E-state index in [0.29, 0.717) is 43.1 Å². The van der Waals surface area contributed by atoms with Crippen molar-refractivity contribution in [3.63, 3.8) is 0 Å². The zero-order chi connectivity index (χ0) is 26.7. The van der Waals surface area contributed by atoms with Gasteiger partial charge < -0.3 is 19.7 Å². The molecule has 4 rings (SSSR count). The maximum Gasteiger partial charge on any atom is 0.307 e. The van der Waals surface area contributed by atoms with Gasteiger partial charge in [-0.15, -0.1) is 0 Å². The third kappa shape index (κ3) is 5.62. The van der Waals surface area contributed by atoms with E-state index in [0.717, 1.165) is 28.6 Å². The lowest BCUT2D eigenvalue weighted by molar-refractivity contribution is -0.142. The zero-order valence-electron chi connectivity index (χ0n) is 21.9. The lowest BCUT2D eigenvalue weighted by Gasteiger charge is -2.42. The van der Waals surface area contributed by atoms with E-state index < -0.39 is 23.7 Å². The second-order valence-electron chi connectivity index (χ2n) is 10.1. The van der Waals surface area contributed by atoms with Crippen LogP contribution in [0.4, 0.5) is 8.78 Å². The summed E-state index contributed by atoms with van der Waals surface area (Å²) in [5, 5.41) is 10.7. The number of aromatic nitrogens is 2. The quantitative estimate of drug-likeness (QED) is 0.385. The van der Waals surface area contributed by atoms with Gasteiger partial charge in [-0.2, -0.15) is 0 Å². The van der Waals surface area contributed by atoms with Gasteiger partial charge in [-0.1, -0.05) is 25.1 Å². The topological polar surface area (TPSA) is 81.7 Å². The average molecular weight is 515 g/mol. The number of hydrogen-bond acceptors (Lipinski definition) is 5. The number of carboxylic acids is 1. The number of likely N-dealkylation sites (N-methyl/N-ethyl adjacent to an activating group) is 1.